The molecule has 0 atom stereocenters. The smallest absolute Gasteiger partial charge is 0.213 e. The van der Waals surface area contributed by atoms with Crippen molar-refractivity contribution in [2.75, 3.05) is 31.9 Å². The number of H-pyrrole nitrogens is 1. The van der Waals surface area contributed by atoms with Crippen LogP contribution in [0.5, 0.6) is 0 Å². The molecular formula is C25H33N3O2S. The van der Waals surface area contributed by atoms with Gasteiger partial charge in [-0.05, 0) is 79.6 Å². The van der Waals surface area contributed by atoms with Gasteiger partial charge in [0, 0.05) is 30.2 Å². The first-order valence-electron chi connectivity index (χ1n) is 11.4. The van der Waals surface area contributed by atoms with Crippen LogP contribution in [-0.4, -0.2) is 49.6 Å². The van der Waals surface area contributed by atoms with Gasteiger partial charge in [-0.15, -0.1) is 0 Å². The number of nitrogens with zero attached hydrogens (tertiary/aromatic N) is 1. The molecule has 0 aliphatic carbocycles. The summed E-state index contributed by atoms with van der Waals surface area (Å²) in [5, 5.41) is 4.65. The van der Waals surface area contributed by atoms with E-state index < -0.39 is 10.0 Å². The van der Waals surface area contributed by atoms with Gasteiger partial charge in [-0.3, -0.25) is 0 Å². The zero-order valence-electron chi connectivity index (χ0n) is 18.5. The van der Waals surface area contributed by atoms with Gasteiger partial charge >= 0.3 is 0 Å². The van der Waals surface area contributed by atoms with E-state index in [0.717, 1.165) is 37.9 Å². The third-order valence-electron chi connectivity index (χ3n) is 6.47. The zero-order valence-corrected chi connectivity index (χ0v) is 19.3. The number of sulfonamides is 1. The fraction of sp³-hybridized carbons (Fsp3) is 0.440. The van der Waals surface area contributed by atoms with Gasteiger partial charge in [0.15, 0.2) is 0 Å². The monoisotopic (exact) mass is 439 g/mol. The average Bonchev–Trinajstić information content (AvgIpc) is 3.23. The van der Waals surface area contributed by atoms with E-state index in [9.17, 15) is 8.42 Å². The minimum absolute atomic E-state index is 0.182. The summed E-state index contributed by atoms with van der Waals surface area (Å²) in [6.45, 7) is 7.07. The van der Waals surface area contributed by atoms with E-state index in [4.69, 9.17) is 0 Å². The third-order valence-corrected chi connectivity index (χ3v) is 8.35. The van der Waals surface area contributed by atoms with Gasteiger partial charge in [-0.2, -0.15) is 0 Å². The first-order chi connectivity index (χ1) is 15.0. The highest BCUT2D eigenvalue weighted by atomic mass is 32.2. The molecule has 1 aliphatic rings. The lowest BCUT2D eigenvalue weighted by atomic mass is 9.89. The van der Waals surface area contributed by atoms with Gasteiger partial charge in [-0.1, -0.05) is 37.3 Å². The Morgan fingerprint density at radius 2 is 1.84 bits per heavy atom. The molecule has 0 bridgehead atoms. The van der Waals surface area contributed by atoms with Crippen LogP contribution in [0.15, 0.2) is 48.7 Å². The summed E-state index contributed by atoms with van der Waals surface area (Å²) in [5.41, 5.74) is 6.27. The number of rotatable bonds is 8. The number of fused-ring (bicyclic) bond motifs is 1. The minimum Gasteiger partial charge on any atom is -0.361 e. The lowest BCUT2D eigenvalue weighted by molar-refractivity contribution is 0.321. The molecule has 6 heteroatoms. The highest BCUT2D eigenvalue weighted by Gasteiger charge is 2.28. The summed E-state index contributed by atoms with van der Waals surface area (Å²) in [5.74, 6) is 0.570. The molecule has 4 rings (SSSR count). The number of hydrogen-bond donors (Lipinski definition) is 2. The molecule has 2 heterocycles. The molecule has 0 saturated carbocycles. The molecular weight excluding hydrogens is 406 g/mol. The van der Waals surface area contributed by atoms with Crippen molar-refractivity contribution in [3.8, 4) is 11.1 Å². The molecule has 0 spiro atoms. The molecule has 1 fully saturated rings. The number of benzene rings is 2. The number of aromatic amines is 1. The van der Waals surface area contributed by atoms with E-state index in [2.05, 4.69) is 65.9 Å². The number of nitrogens with one attached hydrogen (secondary N) is 2. The second-order valence-corrected chi connectivity index (χ2v) is 10.6. The van der Waals surface area contributed by atoms with Gasteiger partial charge in [0.2, 0.25) is 10.0 Å². The maximum absolute atomic E-state index is 12.2. The van der Waals surface area contributed by atoms with Crippen molar-refractivity contribution in [2.45, 2.75) is 39.0 Å². The number of piperidine rings is 1. The van der Waals surface area contributed by atoms with E-state index in [1.165, 1.54) is 27.6 Å². The third kappa shape index (κ3) is 4.86. The predicted octanol–water partition coefficient (Wildman–Crippen LogP) is 4.52. The van der Waals surface area contributed by atoms with Gasteiger partial charge in [0.25, 0.3) is 0 Å². The van der Waals surface area contributed by atoms with Crippen molar-refractivity contribution in [3.63, 3.8) is 0 Å². The lowest BCUT2D eigenvalue weighted by Crippen LogP contribution is -2.38. The maximum Gasteiger partial charge on any atom is 0.213 e. The van der Waals surface area contributed by atoms with Gasteiger partial charge in [-0.25, -0.2) is 12.7 Å². The highest BCUT2D eigenvalue weighted by molar-refractivity contribution is 7.89. The predicted molar refractivity (Wildman–Crippen MR) is 129 cm³/mol. The number of likely N-dealkylation sites (N-methyl/N-ethyl adjacent to an activating group) is 1. The van der Waals surface area contributed by atoms with Crippen molar-refractivity contribution in [3.05, 3.63) is 59.8 Å². The van der Waals surface area contributed by atoms with Crippen molar-refractivity contribution < 1.29 is 8.42 Å². The summed E-state index contributed by atoms with van der Waals surface area (Å²) in [4.78, 5) is 3.42. The minimum atomic E-state index is -3.09. The molecule has 0 radical (unpaired) electrons. The summed E-state index contributed by atoms with van der Waals surface area (Å²) < 4.78 is 26.0. The zero-order chi connectivity index (χ0) is 21.8. The van der Waals surface area contributed by atoms with E-state index in [0.29, 0.717) is 19.0 Å². The topological polar surface area (TPSA) is 65.2 Å². The van der Waals surface area contributed by atoms with E-state index in [1.54, 1.807) is 11.2 Å². The summed E-state index contributed by atoms with van der Waals surface area (Å²) in [6, 6.07) is 15.4. The van der Waals surface area contributed by atoms with Crippen LogP contribution in [0.3, 0.4) is 0 Å². The normalized spacial score (nSPS) is 16.2. The molecule has 2 N–H and O–H groups in total. The molecule has 31 heavy (non-hydrogen) atoms. The summed E-state index contributed by atoms with van der Waals surface area (Å²) in [7, 11) is -3.09. The largest absolute Gasteiger partial charge is 0.361 e. The molecule has 166 valence electrons. The van der Waals surface area contributed by atoms with E-state index in [1.807, 2.05) is 0 Å². The van der Waals surface area contributed by atoms with Gasteiger partial charge in [0.1, 0.15) is 0 Å². The summed E-state index contributed by atoms with van der Waals surface area (Å²) >= 11 is 0. The van der Waals surface area contributed by atoms with Crippen LogP contribution in [0.1, 0.15) is 43.7 Å². The maximum atomic E-state index is 12.2. The Morgan fingerprint density at radius 1 is 1.06 bits per heavy atom. The number of hydrogen-bond acceptors (Lipinski definition) is 3. The van der Waals surface area contributed by atoms with Crippen molar-refractivity contribution >= 4 is 20.9 Å². The Balaban J connectivity index is 1.56. The second-order valence-electron chi connectivity index (χ2n) is 8.38. The molecule has 1 aromatic heterocycles. The molecule has 1 saturated heterocycles. The Morgan fingerprint density at radius 3 is 2.58 bits per heavy atom. The molecule has 1 aliphatic heterocycles. The van der Waals surface area contributed by atoms with E-state index in [-0.39, 0.29) is 5.75 Å². The molecule has 2 aromatic carbocycles. The Bertz CT molecular complexity index is 1130. The first kappa shape index (κ1) is 22.1. The molecule has 3 aromatic rings. The van der Waals surface area contributed by atoms with Crippen LogP contribution < -0.4 is 5.32 Å². The van der Waals surface area contributed by atoms with Gasteiger partial charge < -0.3 is 10.3 Å². The molecule has 5 nitrogen and oxygen atoms in total. The quantitative estimate of drug-likeness (QED) is 0.507. The van der Waals surface area contributed by atoms with Crippen molar-refractivity contribution in [1.29, 1.82) is 0 Å². The van der Waals surface area contributed by atoms with Crippen LogP contribution in [0, 0.1) is 0 Å². The van der Waals surface area contributed by atoms with Crippen LogP contribution in [0.2, 0.25) is 0 Å². The second kappa shape index (κ2) is 9.55. The van der Waals surface area contributed by atoms with Crippen LogP contribution in [0.25, 0.3) is 22.0 Å². The van der Waals surface area contributed by atoms with E-state index >= 15 is 0 Å². The SMILES string of the molecule is CCNCCc1cccc(-c2ccc3[nH]cc(C4CCN(S(=O)(=O)CC)CC4)c3c2)c1. The Hall–Kier alpha value is -2.15. The average molecular weight is 440 g/mol. The molecule has 0 amide bonds. The van der Waals surface area contributed by atoms with Gasteiger partial charge in [0.05, 0.1) is 5.75 Å². The fourth-order valence-electron chi connectivity index (χ4n) is 4.60. The molecule has 0 unspecified atom stereocenters. The van der Waals surface area contributed by atoms with Crippen LogP contribution in [-0.2, 0) is 16.4 Å². The standard InChI is InChI=1S/C25H33N3O2S/c1-3-26-13-10-19-6-5-7-21(16-19)22-8-9-25-23(17-22)24(18-27-25)20-11-14-28(15-12-20)31(29,30)4-2/h5-9,16-18,20,26-27H,3-4,10-15H2,1-2H3. The van der Waals surface area contributed by atoms with Crippen LogP contribution in [0.4, 0.5) is 0 Å². The first-order valence-corrected chi connectivity index (χ1v) is 13.0. The Labute approximate surface area is 185 Å². The lowest BCUT2D eigenvalue weighted by Gasteiger charge is -2.30. The number of aromatic nitrogens is 1. The Kier molecular flexibility index (Phi) is 6.80. The fourth-order valence-corrected chi connectivity index (χ4v) is 5.74. The van der Waals surface area contributed by atoms with Crippen molar-refractivity contribution in [2.24, 2.45) is 0 Å². The van der Waals surface area contributed by atoms with Crippen molar-refractivity contribution in [1.82, 2.24) is 14.6 Å². The summed E-state index contributed by atoms with van der Waals surface area (Å²) in [6.07, 6.45) is 4.89. The van der Waals surface area contributed by atoms with Crippen LogP contribution >= 0.6 is 0 Å². The highest BCUT2D eigenvalue weighted by Crippen LogP contribution is 2.35.